The molecule has 1 aliphatic carbocycles. The molecule has 1 nitrogen and oxygen atoms in total. The molecule has 1 aromatic rings. The maximum absolute atomic E-state index is 12.6. The molecule has 2 unspecified atom stereocenters. The van der Waals surface area contributed by atoms with Gasteiger partial charge in [0.05, 0.1) is 5.56 Å². The quantitative estimate of drug-likeness (QED) is 0.802. The molecule has 112 valence electrons. The summed E-state index contributed by atoms with van der Waals surface area (Å²) in [6, 6.07) is 5.46. The van der Waals surface area contributed by atoms with Gasteiger partial charge in [-0.25, -0.2) is 0 Å². The molecular formula is C15H19ClF3N. The van der Waals surface area contributed by atoms with Crippen molar-refractivity contribution >= 4 is 11.6 Å². The normalized spacial score (nSPS) is 23.8. The van der Waals surface area contributed by atoms with E-state index in [1.54, 1.807) is 6.07 Å². The van der Waals surface area contributed by atoms with Crippen molar-refractivity contribution in [1.82, 2.24) is 5.32 Å². The highest BCUT2D eigenvalue weighted by Crippen LogP contribution is 2.30. The number of nitrogens with one attached hydrogen (secondary N) is 1. The van der Waals surface area contributed by atoms with Crippen molar-refractivity contribution in [1.29, 1.82) is 0 Å². The van der Waals surface area contributed by atoms with Gasteiger partial charge in [0.1, 0.15) is 0 Å². The average Bonchev–Trinajstić information content (AvgIpc) is 2.40. The summed E-state index contributed by atoms with van der Waals surface area (Å²) in [6.07, 6.45) is 0.235. The SMILES string of the molecule is FC(F)(F)c1cccc(CNCC2CCCCC2Cl)c1. The fourth-order valence-corrected chi connectivity index (χ4v) is 3.02. The second-order valence-corrected chi connectivity index (χ2v) is 5.95. The molecule has 5 heteroatoms. The number of rotatable bonds is 4. The van der Waals surface area contributed by atoms with Crippen LogP contribution in [0.25, 0.3) is 0 Å². The van der Waals surface area contributed by atoms with E-state index in [4.69, 9.17) is 11.6 Å². The maximum atomic E-state index is 12.6. The summed E-state index contributed by atoms with van der Waals surface area (Å²) >= 11 is 6.26. The van der Waals surface area contributed by atoms with Gasteiger partial charge in [-0.2, -0.15) is 13.2 Å². The van der Waals surface area contributed by atoms with Gasteiger partial charge < -0.3 is 5.32 Å². The van der Waals surface area contributed by atoms with Crippen molar-refractivity contribution in [3.05, 3.63) is 35.4 Å². The van der Waals surface area contributed by atoms with Crippen LogP contribution in [-0.4, -0.2) is 11.9 Å². The van der Waals surface area contributed by atoms with Gasteiger partial charge in [0.15, 0.2) is 0 Å². The van der Waals surface area contributed by atoms with Crippen molar-refractivity contribution in [2.45, 2.75) is 43.8 Å². The van der Waals surface area contributed by atoms with Crippen LogP contribution in [0, 0.1) is 5.92 Å². The minimum Gasteiger partial charge on any atom is -0.312 e. The molecule has 0 bridgehead atoms. The van der Waals surface area contributed by atoms with Gasteiger partial charge in [0, 0.05) is 11.9 Å². The van der Waals surface area contributed by atoms with E-state index in [0.717, 1.165) is 25.5 Å². The number of hydrogen-bond acceptors (Lipinski definition) is 1. The van der Waals surface area contributed by atoms with Gasteiger partial charge in [-0.15, -0.1) is 11.6 Å². The minimum absolute atomic E-state index is 0.192. The van der Waals surface area contributed by atoms with E-state index in [-0.39, 0.29) is 5.38 Å². The van der Waals surface area contributed by atoms with E-state index in [1.165, 1.54) is 25.0 Å². The molecule has 1 saturated carbocycles. The van der Waals surface area contributed by atoms with Gasteiger partial charge in [0.25, 0.3) is 0 Å². The first-order valence-electron chi connectivity index (χ1n) is 6.98. The van der Waals surface area contributed by atoms with Crippen LogP contribution in [0.3, 0.4) is 0 Å². The Bertz CT molecular complexity index is 433. The van der Waals surface area contributed by atoms with Crippen molar-refractivity contribution in [3.63, 3.8) is 0 Å². The van der Waals surface area contributed by atoms with Crippen molar-refractivity contribution in [3.8, 4) is 0 Å². The van der Waals surface area contributed by atoms with E-state index in [9.17, 15) is 13.2 Å². The standard InChI is InChI=1S/C15H19ClF3N/c16-14-7-2-1-5-12(14)10-20-9-11-4-3-6-13(8-11)15(17,18)19/h3-4,6,8,12,14,20H,1-2,5,7,9-10H2. The summed E-state index contributed by atoms with van der Waals surface area (Å²) in [4.78, 5) is 0. The fraction of sp³-hybridized carbons (Fsp3) is 0.600. The zero-order chi connectivity index (χ0) is 14.6. The summed E-state index contributed by atoms with van der Waals surface area (Å²) in [5, 5.41) is 3.42. The Labute approximate surface area is 122 Å². The second-order valence-electron chi connectivity index (χ2n) is 5.39. The third-order valence-corrected chi connectivity index (χ3v) is 4.38. The lowest BCUT2D eigenvalue weighted by atomic mass is 9.88. The summed E-state index contributed by atoms with van der Waals surface area (Å²) < 4.78 is 37.8. The van der Waals surface area contributed by atoms with Gasteiger partial charge >= 0.3 is 6.18 Å². The zero-order valence-corrected chi connectivity index (χ0v) is 12.0. The molecule has 0 aromatic heterocycles. The van der Waals surface area contributed by atoms with Gasteiger partial charge in [-0.05, 0) is 36.9 Å². The Morgan fingerprint density at radius 1 is 1.20 bits per heavy atom. The molecule has 1 aliphatic rings. The highest BCUT2D eigenvalue weighted by molar-refractivity contribution is 6.20. The lowest BCUT2D eigenvalue weighted by molar-refractivity contribution is -0.137. The Balaban J connectivity index is 1.85. The molecule has 1 aromatic carbocycles. The number of halogens is 4. The predicted molar refractivity (Wildman–Crippen MR) is 74.7 cm³/mol. The van der Waals surface area contributed by atoms with Crippen molar-refractivity contribution < 1.29 is 13.2 Å². The lowest BCUT2D eigenvalue weighted by Gasteiger charge is -2.27. The van der Waals surface area contributed by atoms with Crippen molar-refractivity contribution in [2.75, 3.05) is 6.54 Å². The minimum atomic E-state index is -4.28. The smallest absolute Gasteiger partial charge is 0.312 e. The first kappa shape index (κ1) is 15.6. The lowest BCUT2D eigenvalue weighted by Crippen LogP contribution is -2.30. The number of alkyl halides is 4. The Morgan fingerprint density at radius 2 is 1.95 bits per heavy atom. The van der Waals surface area contributed by atoms with Crippen LogP contribution in [0.1, 0.15) is 36.8 Å². The first-order valence-corrected chi connectivity index (χ1v) is 7.41. The van der Waals surface area contributed by atoms with Gasteiger partial charge in [-0.1, -0.05) is 31.0 Å². The van der Waals surface area contributed by atoms with Crippen LogP contribution in [0.2, 0.25) is 0 Å². The topological polar surface area (TPSA) is 12.0 Å². The van der Waals surface area contributed by atoms with E-state index in [0.29, 0.717) is 18.0 Å². The summed E-state index contributed by atoms with van der Waals surface area (Å²) in [6.45, 7) is 1.22. The van der Waals surface area contributed by atoms with Crippen LogP contribution in [0.15, 0.2) is 24.3 Å². The maximum Gasteiger partial charge on any atom is 0.416 e. The van der Waals surface area contributed by atoms with Crippen LogP contribution >= 0.6 is 11.6 Å². The van der Waals surface area contributed by atoms with Crippen LogP contribution in [0.4, 0.5) is 13.2 Å². The largest absolute Gasteiger partial charge is 0.416 e. The van der Waals surface area contributed by atoms with E-state index in [2.05, 4.69) is 5.32 Å². The third kappa shape index (κ3) is 4.38. The fourth-order valence-electron chi connectivity index (χ4n) is 2.65. The molecule has 20 heavy (non-hydrogen) atoms. The molecule has 1 fully saturated rings. The molecule has 0 heterocycles. The average molecular weight is 306 g/mol. The Hall–Kier alpha value is -0.740. The molecule has 1 N–H and O–H groups in total. The highest BCUT2D eigenvalue weighted by atomic mass is 35.5. The Kier molecular flexibility index (Phi) is 5.33. The molecule has 0 aliphatic heterocycles. The molecule has 0 saturated heterocycles. The van der Waals surface area contributed by atoms with E-state index >= 15 is 0 Å². The van der Waals surface area contributed by atoms with Crippen LogP contribution in [-0.2, 0) is 12.7 Å². The molecular weight excluding hydrogens is 287 g/mol. The molecule has 0 amide bonds. The van der Waals surface area contributed by atoms with Crippen LogP contribution < -0.4 is 5.32 Å². The first-order chi connectivity index (χ1) is 9.47. The van der Waals surface area contributed by atoms with Crippen molar-refractivity contribution in [2.24, 2.45) is 5.92 Å². The van der Waals surface area contributed by atoms with Crippen LogP contribution in [0.5, 0.6) is 0 Å². The number of hydrogen-bond donors (Lipinski definition) is 1. The number of benzene rings is 1. The van der Waals surface area contributed by atoms with Gasteiger partial charge in [-0.3, -0.25) is 0 Å². The molecule has 2 rings (SSSR count). The second kappa shape index (κ2) is 6.81. The Morgan fingerprint density at radius 3 is 2.65 bits per heavy atom. The highest BCUT2D eigenvalue weighted by Gasteiger charge is 2.30. The van der Waals surface area contributed by atoms with Gasteiger partial charge in [0.2, 0.25) is 0 Å². The molecule has 0 radical (unpaired) electrons. The summed E-state index contributed by atoms with van der Waals surface area (Å²) in [5.41, 5.74) is 0.0615. The monoisotopic (exact) mass is 305 g/mol. The van der Waals surface area contributed by atoms with E-state index in [1.807, 2.05) is 0 Å². The molecule has 2 atom stereocenters. The summed E-state index contributed by atoms with van der Waals surface area (Å²) in [5.74, 6) is 0.427. The van der Waals surface area contributed by atoms with E-state index < -0.39 is 11.7 Å². The predicted octanol–water partition coefficient (Wildman–Crippen LogP) is 4.59. The summed E-state index contributed by atoms with van der Waals surface area (Å²) in [7, 11) is 0. The molecule has 0 spiro atoms. The zero-order valence-electron chi connectivity index (χ0n) is 11.2. The third-order valence-electron chi connectivity index (χ3n) is 3.81.